The normalized spacial score (nSPS) is 15.5. The molecule has 0 saturated heterocycles. The summed E-state index contributed by atoms with van der Waals surface area (Å²) in [6.45, 7) is 3.28. The minimum absolute atomic E-state index is 0.358. The van der Waals surface area contributed by atoms with E-state index in [4.69, 9.17) is 5.11 Å². The van der Waals surface area contributed by atoms with Crippen LogP contribution in [0.2, 0.25) is 0 Å². The summed E-state index contributed by atoms with van der Waals surface area (Å²) in [4.78, 5) is 0. The zero-order chi connectivity index (χ0) is 9.07. The molecule has 0 amide bonds. The molecule has 0 aliphatic heterocycles. The second-order valence-corrected chi connectivity index (χ2v) is 2.56. The van der Waals surface area contributed by atoms with Crippen molar-refractivity contribution in [3.05, 3.63) is 0 Å². The molecular weight excluding hydrogens is 157 g/mol. The van der Waals surface area contributed by atoms with Crippen molar-refractivity contribution in [3.63, 3.8) is 0 Å². The van der Waals surface area contributed by atoms with E-state index in [-0.39, 0.29) is 0 Å². The second-order valence-electron chi connectivity index (χ2n) is 2.56. The Morgan fingerprint density at radius 2 is 1.55 bits per heavy atom. The standard InChI is InChI=1S/C7H13F3O/c1-3-5(4-2)6(11)7(8,9)10/h5-6,11H,3-4H2,1-2H3/t6-/m1/s1. The number of halogens is 3. The van der Waals surface area contributed by atoms with Gasteiger partial charge >= 0.3 is 6.18 Å². The third-order valence-corrected chi connectivity index (χ3v) is 1.83. The fourth-order valence-corrected chi connectivity index (χ4v) is 1.00. The Hall–Kier alpha value is -0.250. The lowest BCUT2D eigenvalue weighted by molar-refractivity contribution is -0.220. The average Bonchev–Trinajstić information content (AvgIpc) is 1.88. The molecule has 0 saturated carbocycles. The molecule has 1 nitrogen and oxygen atoms in total. The maximum Gasteiger partial charge on any atom is 0.414 e. The number of hydrogen-bond acceptors (Lipinski definition) is 1. The first-order valence-electron chi connectivity index (χ1n) is 3.68. The first kappa shape index (κ1) is 10.8. The molecule has 1 N–H and O–H groups in total. The molecule has 0 aliphatic carbocycles. The van der Waals surface area contributed by atoms with Crippen molar-refractivity contribution in [3.8, 4) is 0 Å². The molecule has 68 valence electrons. The van der Waals surface area contributed by atoms with Gasteiger partial charge in [-0.25, -0.2) is 0 Å². The van der Waals surface area contributed by atoms with Gasteiger partial charge in [-0.05, 0) is 5.92 Å². The molecule has 11 heavy (non-hydrogen) atoms. The average molecular weight is 170 g/mol. The van der Waals surface area contributed by atoms with Crippen LogP contribution in [0, 0.1) is 5.92 Å². The van der Waals surface area contributed by atoms with Crippen LogP contribution in [0.15, 0.2) is 0 Å². The van der Waals surface area contributed by atoms with E-state index in [1.54, 1.807) is 13.8 Å². The summed E-state index contributed by atoms with van der Waals surface area (Å²) in [5, 5.41) is 8.72. The van der Waals surface area contributed by atoms with Crippen molar-refractivity contribution in [2.24, 2.45) is 5.92 Å². The fourth-order valence-electron chi connectivity index (χ4n) is 1.00. The van der Waals surface area contributed by atoms with Crippen LogP contribution in [0.4, 0.5) is 13.2 Å². The van der Waals surface area contributed by atoms with Gasteiger partial charge in [-0.2, -0.15) is 13.2 Å². The lowest BCUT2D eigenvalue weighted by atomic mass is 9.96. The zero-order valence-electron chi connectivity index (χ0n) is 6.65. The highest BCUT2D eigenvalue weighted by molar-refractivity contribution is 4.72. The van der Waals surface area contributed by atoms with Crippen molar-refractivity contribution >= 4 is 0 Å². The molecule has 0 fully saturated rings. The first-order chi connectivity index (χ1) is 4.93. The van der Waals surface area contributed by atoms with Crippen LogP contribution in [0.25, 0.3) is 0 Å². The van der Waals surface area contributed by atoms with Crippen LogP contribution in [-0.2, 0) is 0 Å². The maximum atomic E-state index is 11.8. The summed E-state index contributed by atoms with van der Waals surface area (Å²) in [6, 6.07) is 0. The summed E-state index contributed by atoms with van der Waals surface area (Å²) < 4.78 is 35.5. The molecule has 0 unspecified atom stereocenters. The van der Waals surface area contributed by atoms with Gasteiger partial charge in [0.15, 0.2) is 6.10 Å². The lowest BCUT2D eigenvalue weighted by Gasteiger charge is -2.22. The Morgan fingerprint density at radius 3 is 1.64 bits per heavy atom. The molecule has 0 rings (SSSR count). The van der Waals surface area contributed by atoms with Gasteiger partial charge in [-0.3, -0.25) is 0 Å². The molecule has 0 radical (unpaired) electrons. The summed E-state index contributed by atoms with van der Waals surface area (Å²) in [5.41, 5.74) is 0. The topological polar surface area (TPSA) is 20.2 Å². The number of alkyl halides is 3. The third kappa shape index (κ3) is 3.10. The number of hydrogen-bond donors (Lipinski definition) is 1. The van der Waals surface area contributed by atoms with Crippen LogP contribution in [0.3, 0.4) is 0 Å². The number of aliphatic hydroxyl groups excluding tert-OH is 1. The van der Waals surface area contributed by atoms with Gasteiger partial charge in [0.1, 0.15) is 0 Å². The molecule has 0 spiro atoms. The molecule has 0 aromatic heterocycles. The zero-order valence-corrected chi connectivity index (χ0v) is 6.65. The Morgan fingerprint density at radius 1 is 1.18 bits per heavy atom. The Kier molecular flexibility index (Phi) is 3.86. The van der Waals surface area contributed by atoms with Crippen molar-refractivity contribution in [1.29, 1.82) is 0 Å². The van der Waals surface area contributed by atoms with Crippen LogP contribution in [0.5, 0.6) is 0 Å². The van der Waals surface area contributed by atoms with Gasteiger partial charge in [0.25, 0.3) is 0 Å². The largest absolute Gasteiger partial charge is 0.414 e. The lowest BCUT2D eigenvalue weighted by Crippen LogP contribution is -2.35. The highest BCUT2D eigenvalue weighted by atomic mass is 19.4. The molecule has 4 heteroatoms. The number of rotatable bonds is 3. The minimum atomic E-state index is -4.46. The Labute approximate surface area is 64.2 Å². The van der Waals surface area contributed by atoms with Crippen LogP contribution >= 0.6 is 0 Å². The van der Waals surface area contributed by atoms with E-state index in [2.05, 4.69) is 0 Å². The van der Waals surface area contributed by atoms with Crippen LogP contribution in [0.1, 0.15) is 26.7 Å². The van der Waals surface area contributed by atoms with Gasteiger partial charge in [0.2, 0.25) is 0 Å². The molecule has 0 heterocycles. The van der Waals surface area contributed by atoms with Crippen LogP contribution in [-0.4, -0.2) is 17.4 Å². The summed E-state index contributed by atoms with van der Waals surface area (Å²) in [7, 11) is 0. The smallest absolute Gasteiger partial charge is 0.383 e. The Bertz CT molecular complexity index is 107. The van der Waals surface area contributed by atoms with E-state index in [0.29, 0.717) is 12.8 Å². The molecule has 1 atom stereocenters. The molecule has 0 aliphatic rings. The fraction of sp³-hybridized carbons (Fsp3) is 1.00. The number of aliphatic hydroxyl groups is 1. The highest BCUT2D eigenvalue weighted by Gasteiger charge is 2.41. The van der Waals surface area contributed by atoms with Crippen molar-refractivity contribution in [2.75, 3.05) is 0 Å². The van der Waals surface area contributed by atoms with Crippen molar-refractivity contribution in [2.45, 2.75) is 39.0 Å². The molecule has 0 aromatic rings. The summed E-state index contributed by atoms with van der Waals surface area (Å²) in [5.74, 6) is -0.657. The Balaban J connectivity index is 4.09. The predicted molar refractivity (Wildman–Crippen MR) is 36.1 cm³/mol. The van der Waals surface area contributed by atoms with Gasteiger partial charge in [-0.15, -0.1) is 0 Å². The van der Waals surface area contributed by atoms with Crippen molar-refractivity contribution in [1.82, 2.24) is 0 Å². The van der Waals surface area contributed by atoms with Crippen molar-refractivity contribution < 1.29 is 18.3 Å². The SMILES string of the molecule is CCC(CC)[C@@H](O)C(F)(F)F. The quantitative estimate of drug-likeness (QED) is 0.689. The maximum absolute atomic E-state index is 11.8. The van der Waals surface area contributed by atoms with Gasteiger partial charge < -0.3 is 5.11 Å². The predicted octanol–water partition coefficient (Wildman–Crippen LogP) is 2.35. The summed E-state index contributed by atoms with van der Waals surface area (Å²) >= 11 is 0. The van der Waals surface area contributed by atoms with Gasteiger partial charge in [0.05, 0.1) is 0 Å². The molecule has 0 bridgehead atoms. The van der Waals surface area contributed by atoms with Gasteiger partial charge in [-0.1, -0.05) is 26.7 Å². The van der Waals surface area contributed by atoms with E-state index >= 15 is 0 Å². The first-order valence-corrected chi connectivity index (χ1v) is 3.68. The van der Waals surface area contributed by atoms with E-state index in [1.165, 1.54) is 0 Å². The van der Waals surface area contributed by atoms with Crippen LogP contribution < -0.4 is 0 Å². The van der Waals surface area contributed by atoms with E-state index in [0.717, 1.165) is 0 Å². The highest BCUT2D eigenvalue weighted by Crippen LogP contribution is 2.28. The van der Waals surface area contributed by atoms with E-state index in [1.807, 2.05) is 0 Å². The van der Waals surface area contributed by atoms with E-state index in [9.17, 15) is 13.2 Å². The monoisotopic (exact) mass is 170 g/mol. The minimum Gasteiger partial charge on any atom is -0.383 e. The summed E-state index contributed by atoms with van der Waals surface area (Å²) in [6.07, 6.45) is -5.90. The molecular formula is C7H13F3O. The third-order valence-electron chi connectivity index (χ3n) is 1.83. The molecule has 0 aromatic carbocycles. The van der Waals surface area contributed by atoms with E-state index < -0.39 is 18.2 Å². The second kappa shape index (κ2) is 3.95. The van der Waals surface area contributed by atoms with Gasteiger partial charge in [0, 0.05) is 0 Å².